The predicted molar refractivity (Wildman–Crippen MR) is 128 cm³/mol. The van der Waals surface area contributed by atoms with Crippen molar-refractivity contribution in [2.45, 2.75) is 43.1 Å². The van der Waals surface area contributed by atoms with Gasteiger partial charge in [-0.25, -0.2) is 0 Å². The lowest BCUT2D eigenvalue weighted by Crippen LogP contribution is -2.43. The average Bonchev–Trinajstić information content (AvgIpc) is 3.65. The van der Waals surface area contributed by atoms with E-state index in [0.717, 1.165) is 37.1 Å². The summed E-state index contributed by atoms with van der Waals surface area (Å²) in [6, 6.07) is 20.5. The Bertz CT molecular complexity index is 1180. The van der Waals surface area contributed by atoms with Crippen LogP contribution in [0.3, 0.4) is 0 Å². The lowest BCUT2D eigenvalue weighted by atomic mass is 9.81. The highest BCUT2D eigenvalue weighted by atomic mass is 16.5. The van der Waals surface area contributed by atoms with E-state index in [2.05, 4.69) is 52.4 Å². The standard InChI is InChI=1S/C28H28N2O4/c1-32-27-25-24(26(31)29-18-21-13-8-16-33-21)22-14-15-28(25,34-22)23(17-19-9-4-2-5-10-19)30(27)20-11-6-3-7-12-20/h2-7,9-12,14-15,21-23H,8,13,16-18H2,1H3/p+1. The fourth-order valence-corrected chi connectivity index (χ4v) is 5.78. The number of benzene rings is 2. The summed E-state index contributed by atoms with van der Waals surface area (Å²) in [5, 5.41) is 3.10. The van der Waals surface area contributed by atoms with Gasteiger partial charge in [0.1, 0.15) is 11.7 Å². The Morgan fingerprint density at radius 3 is 2.62 bits per heavy atom. The van der Waals surface area contributed by atoms with Crippen LogP contribution >= 0.6 is 0 Å². The van der Waals surface area contributed by atoms with Gasteiger partial charge in [-0.2, -0.15) is 4.58 Å². The third kappa shape index (κ3) is 3.32. The Hall–Kier alpha value is -3.22. The maximum atomic E-state index is 13.5. The maximum Gasteiger partial charge on any atom is 0.375 e. The van der Waals surface area contributed by atoms with Gasteiger partial charge >= 0.3 is 5.90 Å². The molecule has 4 heterocycles. The van der Waals surface area contributed by atoms with Gasteiger partial charge in [-0.3, -0.25) is 4.79 Å². The van der Waals surface area contributed by atoms with Crippen molar-refractivity contribution >= 4 is 17.5 Å². The van der Waals surface area contributed by atoms with E-state index < -0.39 is 5.60 Å². The minimum absolute atomic E-state index is 0.0830. The van der Waals surface area contributed by atoms with Gasteiger partial charge in [-0.05, 0) is 24.5 Å². The van der Waals surface area contributed by atoms with Crippen molar-refractivity contribution in [3.63, 3.8) is 0 Å². The molecule has 1 spiro atoms. The van der Waals surface area contributed by atoms with Gasteiger partial charge in [-0.15, -0.1) is 0 Å². The van der Waals surface area contributed by atoms with Crippen molar-refractivity contribution in [3.05, 3.63) is 89.5 Å². The molecule has 1 amide bonds. The quantitative estimate of drug-likeness (QED) is 0.534. The topological polar surface area (TPSA) is 59.8 Å². The van der Waals surface area contributed by atoms with Crippen LogP contribution in [0.1, 0.15) is 18.4 Å². The number of para-hydroxylation sites is 1. The highest BCUT2D eigenvalue weighted by molar-refractivity contribution is 6.08. The van der Waals surface area contributed by atoms with E-state index in [1.54, 1.807) is 7.11 Å². The number of carbonyl (C=O) groups excluding carboxylic acids is 1. The molecule has 4 unspecified atom stereocenters. The number of nitrogens with one attached hydrogen (secondary N) is 1. The molecule has 4 aliphatic rings. The summed E-state index contributed by atoms with van der Waals surface area (Å²) in [6.07, 6.45) is 6.62. The number of methoxy groups -OCH3 is 1. The van der Waals surface area contributed by atoms with E-state index in [0.29, 0.717) is 18.0 Å². The molecule has 1 saturated heterocycles. The number of hydrogen-bond acceptors (Lipinski definition) is 4. The van der Waals surface area contributed by atoms with Crippen molar-refractivity contribution in [2.24, 2.45) is 0 Å². The number of hydrogen-bond donors (Lipinski definition) is 1. The van der Waals surface area contributed by atoms with E-state index in [9.17, 15) is 4.79 Å². The predicted octanol–water partition coefficient (Wildman–Crippen LogP) is 3.30. The SMILES string of the molecule is COC1=[N+](c2ccccc2)C(Cc2ccccc2)C23C=CC(O2)C(C(=O)NCC2CCCO2)=C13. The average molecular weight is 458 g/mol. The summed E-state index contributed by atoms with van der Waals surface area (Å²) in [7, 11) is 1.68. The monoisotopic (exact) mass is 457 g/mol. The molecule has 174 valence electrons. The Labute approximate surface area is 199 Å². The Morgan fingerprint density at radius 1 is 1.15 bits per heavy atom. The summed E-state index contributed by atoms with van der Waals surface area (Å²) in [4.78, 5) is 13.5. The molecule has 4 aliphatic heterocycles. The summed E-state index contributed by atoms with van der Waals surface area (Å²) in [6.45, 7) is 1.28. The molecule has 6 heteroatoms. The molecule has 0 radical (unpaired) electrons. The zero-order valence-corrected chi connectivity index (χ0v) is 19.3. The second-order valence-electron chi connectivity index (χ2n) is 9.24. The van der Waals surface area contributed by atoms with Crippen LogP contribution in [-0.4, -0.2) is 60.5 Å². The van der Waals surface area contributed by atoms with Gasteiger partial charge in [0, 0.05) is 31.7 Å². The summed E-state index contributed by atoms with van der Waals surface area (Å²) in [5.41, 5.74) is 2.97. The van der Waals surface area contributed by atoms with Gasteiger partial charge < -0.3 is 19.5 Å². The highest BCUT2D eigenvalue weighted by Gasteiger charge is 2.68. The molecule has 0 aromatic heterocycles. The highest BCUT2D eigenvalue weighted by Crippen LogP contribution is 2.52. The summed E-state index contributed by atoms with van der Waals surface area (Å²) >= 11 is 0. The van der Waals surface area contributed by atoms with Crippen molar-refractivity contribution in [1.29, 1.82) is 0 Å². The number of fused-ring (bicyclic) bond motifs is 1. The number of rotatable bonds is 6. The molecule has 34 heavy (non-hydrogen) atoms. The van der Waals surface area contributed by atoms with Crippen LogP contribution in [0.25, 0.3) is 0 Å². The summed E-state index contributed by atoms with van der Waals surface area (Å²) in [5.74, 6) is 0.575. The van der Waals surface area contributed by atoms with Gasteiger partial charge in [-0.1, -0.05) is 54.6 Å². The largest absolute Gasteiger partial charge is 0.447 e. The first-order valence-corrected chi connectivity index (χ1v) is 12.0. The zero-order valence-electron chi connectivity index (χ0n) is 19.3. The second-order valence-corrected chi connectivity index (χ2v) is 9.24. The third-order valence-electron chi connectivity index (χ3n) is 7.28. The molecule has 6 rings (SSSR count). The van der Waals surface area contributed by atoms with E-state index in [-0.39, 0.29) is 24.2 Å². The first-order chi connectivity index (χ1) is 16.7. The molecule has 4 atom stereocenters. The number of nitrogens with zero attached hydrogens (tertiary/aromatic N) is 1. The van der Waals surface area contributed by atoms with Crippen LogP contribution in [0.5, 0.6) is 0 Å². The van der Waals surface area contributed by atoms with Gasteiger partial charge in [0.2, 0.25) is 11.7 Å². The smallest absolute Gasteiger partial charge is 0.375 e. The lowest BCUT2D eigenvalue weighted by Gasteiger charge is -2.24. The first kappa shape index (κ1) is 21.3. The molecule has 0 aliphatic carbocycles. The van der Waals surface area contributed by atoms with Crippen LogP contribution in [0, 0.1) is 0 Å². The molecular weight excluding hydrogens is 428 g/mol. The van der Waals surface area contributed by atoms with E-state index in [1.807, 2.05) is 30.3 Å². The molecule has 1 N–H and O–H groups in total. The zero-order chi connectivity index (χ0) is 23.1. The molecule has 2 bridgehead atoms. The van der Waals surface area contributed by atoms with Crippen LogP contribution in [0.2, 0.25) is 0 Å². The van der Waals surface area contributed by atoms with Crippen LogP contribution < -0.4 is 5.32 Å². The normalized spacial score (nSPS) is 29.1. The van der Waals surface area contributed by atoms with Crippen molar-refractivity contribution in [3.8, 4) is 0 Å². The Kier molecular flexibility index (Phi) is 5.35. The fraction of sp³-hybridized carbons (Fsp3) is 0.357. The van der Waals surface area contributed by atoms with Gasteiger partial charge in [0.15, 0.2) is 5.60 Å². The molecule has 2 aromatic rings. The minimum atomic E-state index is -0.738. The molecule has 6 nitrogen and oxygen atoms in total. The maximum absolute atomic E-state index is 13.5. The van der Waals surface area contributed by atoms with E-state index in [1.165, 1.54) is 5.56 Å². The van der Waals surface area contributed by atoms with Crippen LogP contribution in [0.4, 0.5) is 5.69 Å². The molecule has 2 aromatic carbocycles. The third-order valence-corrected chi connectivity index (χ3v) is 7.28. The summed E-state index contributed by atoms with van der Waals surface area (Å²) < 4.78 is 20.6. The number of carbonyl (C=O) groups is 1. The number of ether oxygens (including phenoxy) is 3. The van der Waals surface area contributed by atoms with Crippen LogP contribution in [-0.2, 0) is 25.4 Å². The van der Waals surface area contributed by atoms with Gasteiger partial charge in [0.05, 0.1) is 18.8 Å². The van der Waals surface area contributed by atoms with Crippen LogP contribution in [0.15, 0.2) is 84.0 Å². The fourth-order valence-electron chi connectivity index (χ4n) is 5.78. The van der Waals surface area contributed by atoms with Gasteiger partial charge in [0.25, 0.3) is 5.91 Å². The Balaban J connectivity index is 1.44. The minimum Gasteiger partial charge on any atom is -0.447 e. The van der Waals surface area contributed by atoms with E-state index >= 15 is 0 Å². The van der Waals surface area contributed by atoms with Crippen molar-refractivity contribution in [1.82, 2.24) is 5.32 Å². The Morgan fingerprint density at radius 2 is 1.91 bits per heavy atom. The van der Waals surface area contributed by atoms with E-state index in [4.69, 9.17) is 14.2 Å². The molecule has 0 saturated carbocycles. The second kappa shape index (κ2) is 8.53. The molecular formula is C28H29N2O4+. The molecule has 1 fully saturated rings. The van der Waals surface area contributed by atoms with Crippen molar-refractivity contribution < 1.29 is 23.6 Å². The van der Waals surface area contributed by atoms with Crippen molar-refractivity contribution in [2.75, 3.05) is 20.3 Å². The number of amides is 1. The first-order valence-electron chi connectivity index (χ1n) is 12.0. The lowest BCUT2D eigenvalue weighted by molar-refractivity contribution is -0.499.